The zero-order valence-electron chi connectivity index (χ0n) is 12.0. The van der Waals surface area contributed by atoms with E-state index in [1.165, 1.54) is 32.0 Å². The Balaban J connectivity index is 0.000000134. The highest BCUT2D eigenvalue weighted by Crippen LogP contribution is 2.12. The molecule has 0 spiro atoms. The second-order valence-corrected chi connectivity index (χ2v) is 4.71. The predicted octanol–water partition coefficient (Wildman–Crippen LogP) is 1.11. The third-order valence-corrected chi connectivity index (χ3v) is 2.98. The average molecular weight is 294 g/mol. The Morgan fingerprint density at radius 3 is 1.95 bits per heavy atom. The molecule has 0 amide bonds. The summed E-state index contributed by atoms with van der Waals surface area (Å²) < 4.78 is 9.89. The molecule has 0 bridgehead atoms. The smallest absolute Gasteiger partial charge is 0.224 e. The molecular weight excluding hydrogens is 272 g/mol. The topological polar surface area (TPSA) is 125 Å². The zero-order chi connectivity index (χ0) is 14.9. The predicted molar refractivity (Wildman–Crippen MR) is 80.6 cm³/mol. The first kappa shape index (κ1) is 15.5. The van der Waals surface area contributed by atoms with Crippen molar-refractivity contribution in [1.29, 1.82) is 0 Å². The number of hydrogen-bond acceptors (Lipinski definition) is 7. The SMILES string of the molecule is C1CCOC1.C1CCOC1.Nc1nc(N)c2nc[nH]c2n1. The zero-order valence-corrected chi connectivity index (χ0v) is 12.0. The number of nitrogens with one attached hydrogen (secondary N) is 1. The number of nitrogen functional groups attached to an aromatic ring is 2. The summed E-state index contributed by atoms with van der Waals surface area (Å²) in [6, 6.07) is 0. The molecule has 4 heterocycles. The summed E-state index contributed by atoms with van der Waals surface area (Å²) in [7, 11) is 0. The van der Waals surface area contributed by atoms with E-state index in [2.05, 4.69) is 19.9 Å². The molecule has 2 fully saturated rings. The van der Waals surface area contributed by atoms with E-state index in [9.17, 15) is 0 Å². The summed E-state index contributed by atoms with van der Waals surface area (Å²) in [4.78, 5) is 14.3. The van der Waals surface area contributed by atoms with E-state index in [1.807, 2.05) is 0 Å². The Morgan fingerprint density at radius 1 is 0.905 bits per heavy atom. The molecule has 8 nitrogen and oxygen atoms in total. The Morgan fingerprint density at radius 2 is 1.48 bits per heavy atom. The van der Waals surface area contributed by atoms with E-state index in [4.69, 9.17) is 20.9 Å². The Labute approximate surface area is 123 Å². The van der Waals surface area contributed by atoms with Crippen LogP contribution in [0.5, 0.6) is 0 Å². The molecule has 116 valence electrons. The van der Waals surface area contributed by atoms with Gasteiger partial charge in [0.25, 0.3) is 0 Å². The molecule has 5 N–H and O–H groups in total. The molecule has 2 aromatic heterocycles. The lowest BCUT2D eigenvalue weighted by atomic mass is 10.4. The number of fused-ring (bicyclic) bond motifs is 1. The van der Waals surface area contributed by atoms with Crippen molar-refractivity contribution in [1.82, 2.24) is 19.9 Å². The fourth-order valence-corrected chi connectivity index (χ4v) is 1.90. The second kappa shape index (κ2) is 8.38. The van der Waals surface area contributed by atoms with Gasteiger partial charge >= 0.3 is 0 Å². The van der Waals surface area contributed by atoms with Gasteiger partial charge in [-0.15, -0.1) is 0 Å². The number of anilines is 2. The van der Waals surface area contributed by atoms with Gasteiger partial charge in [0.05, 0.1) is 6.33 Å². The largest absolute Gasteiger partial charge is 0.382 e. The molecule has 2 saturated heterocycles. The maximum Gasteiger partial charge on any atom is 0.224 e. The number of aromatic amines is 1. The monoisotopic (exact) mass is 294 g/mol. The van der Waals surface area contributed by atoms with Crippen molar-refractivity contribution in [3.05, 3.63) is 6.33 Å². The molecule has 0 saturated carbocycles. The number of nitrogens with zero attached hydrogens (tertiary/aromatic N) is 3. The molecule has 8 heteroatoms. The normalized spacial score (nSPS) is 17.0. The Bertz CT molecular complexity index is 511. The van der Waals surface area contributed by atoms with Gasteiger partial charge in [0.2, 0.25) is 5.95 Å². The van der Waals surface area contributed by atoms with E-state index in [-0.39, 0.29) is 5.95 Å². The fraction of sp³-hybridized carbons (Fsp3) is 0.615. The lowest BCUT2D eigenvalue weighted by Gasteiger charge is -1.93. The van der Waals surface area contributed by atoms with Gasteiger partial charge in [-0.25, -0.2) is 4.98 Å². The van der Waals surface area contributed by atoms with Crippen LogP contribution in [-0.2, 0) is 9.47 Å². The highest BCUT2D eigenvalue weighted by Gasteiger charge is 2.03. The minimum Gasteiger partial charge on any atom is -0.382 e. The van der Waals surface area contributed by atoms with Crippen LogP contribution in [0.4, 0.5) is 11.8 Å². The minimum absolute atomic E-state index is 0.152. The van der Waals surface area contributed by atoms with E-state index in [0.29, 0.717) is 17.0 Å². The number of H-pyrrole nitrogens is 1. The van der Waals surface area contributed by atoms with Gasteiger partial charge < -0.3 is 25.9 Å². The van der Waals surface area contributed by atoms with Gasteiger partial charge in [0.15, 0.2) is 11.5 Å². The molecule has 2 aromatic rings. The van der Waals surface area contributed by atoms with Gasteiger partial charge in [-0.2, -0.15) is 9.97 Å². The van der Waals surface area contributed by atoms with Crippen LogP contribution in [-0.4, -0.2) is 46.4 Å². The molecule has 21 heavy (non-hydrogen) atoms. The number of aromatic nitrogens is 4. The summed E-state index contributed by atoms with van der Waals surface area (Å²) in [5.74, 6) is 0.452. The molecular formula is C13H22N6O2. The Kier molecular flexibility index (Phi) is 6.17. The fourth-order valence-electron chi connectivity index (χ4n) is 1.90. The summed E-state index contributed by atoms with van der Waals surface area (Å²) in [5, 5.41) is 0. The van der Waals surface area contributed by atoms with Crippen LogP contribution in [0.2, 0.25) is 0 Å². The first-order valence-electron chi connectivity index (χ1n) is 7.15. The first-order valence-corrected chi connectivity index (χ1v) is 7.15. The minimum atomic E-state index is 0.152. The maximum absolute atomic E-state index is 5.49. The average Bonchev–Trinajstić information content (AvgIpc) is 3.24. The highest BCUT2D eigenvalue weighted by molar-refractivity contribution is 5.81. The van der Waals surface area contributed by atoms with Crippen molar-refractivity contribution >= 4 is 22.9 Å². The van der Waals surface area contributed by atoms with Crippen molar-refractivity contribution in [2.24, 2.45) is 0 Å². The van der Waals surface area contributed by atoms with Gasteiger partial charge in [0.1, 0.15) is 5.52 Å². The van der Waals surface area contributed by atoms with Crippen LogP contribution < -0.4 is 11.5 Å². The van der Waals surface area contributed by atoms with Gasteiger partial charge in [-0.1, -0.05) is 0 Å². The molecule has 0 radical (unpaired) electrons. The van der Waals surface area contributed by atoms with Gasteiger partial charge in [-0.3, -0.25) is 0 Å². The van der Waals surface area contributed by atoms with Crippen LogP contribution in [0.15, 0.2) is 6.33 Å². The van der Waals surface area contributed by atoms with Crippen molar-refractivity contribution in [2.45, 2.75) is 25.7 Å². The van der Waals surface area contributed by atoms with Crippen LogP contribution >= 0.6 is 0 Å². The molecule has 0 aliphatic carbocycles. The number of rotatable bonds is 0. The molecule has 4 rings (SSSR count). The van der Waals surface area contributed by atoms with Gasteiger partial charge in [-0.05, 0) is 25.7 Å². The van der Waals surface area contributed by atoms with E-state index < -0.39 is 0 Å². The lowest BCUT2D eigenvalue weighted by molar-refractivity contribution is 0.198. The molecule has 2 aliphatic rings. The number of ether oxygens (including phenoxy) is 2. The summed E-state index contributed by atoms with van der Waals surface area (Å²) >= 11 is 0. The number of hydrogen-bond donors (Lipinski definition) is 3. The molecule has 0 unspecified atom stereocenters. The first-order chi connectivity index (χ1) is 10.3. The van der Waals surface area contributed by atoms with Crippen molar-refractivity contribution in [3.63, 3.8) is 0 Å². The summed E-state index contributed by atoms with van der Waals surface area (Å²) in [6.45, 7) is 4.00. The number of nitrogens with two attached hydrogens (primary N) is 2. The van der Waals surface area contributed by atoms with E-state index in [0.717, 1.165) is 26.4 Å². The molecule has 0 atom stereocenters. The van der Waals surface area contributed by atoms with Crippen LogP contribution in [0.25, 0.3) is 11.2 Å². The van der Waals surface area contributed by atoms with Crippen molar-refractivity contribution in [3.8, 4) is 0 Å². The second-order valence-electron chi connectivity index (χ2n) is 4.71. The highest BCUT2D eigenvalue weighted by atomic mass is 16.5. The summed E-state index contributed by atoms with van der Waals surface area (Å²) in [6.07, 6.45) is 6.61. The van der Waals surface area contributed by atoms with Crippen LogP contribution in [0, 0.1) is 0 Å². The lowest BCUT2D eigenvalue weighted by Crippen LogP contribution is -1.99. The molecule has 2 aliphatic heterocycles. The quantitative estimate of drug-likeness (QED) is 0.664. The van der Waals surface area contributed by atoms with Crippen molar-refractivity contribution in [2.75, 3.05) is 37.9 Å². The Hall–Kier alpha value is -1.93. The van der Waals surface area contributed by atoms with Gasteiger partial charge in [0, 0.05) is 26.4 Å². The maximum atomic E-state index is 5.49. The van der Waals surface area contributed by atoms with E-state index >= 15 is 0 Å². The third kappa shape index (κ3) is 5.16. The van der Waals surface area contributed by atoms with Crippen LogP contribution in [0.3, 0.4) is 0 Å². The number of imidazole rings is 1. The van der Waals surface area contributed by atoms with E-state index in [1.54, 1.807) is 0 Å². The molecule has 0 aromatic carbocycles. The van der Waals surface area contributed by atoms with Crippen LogP contribution in [0.1, 0.15) is 25.7 Å². The van der Waals surface area contributed by atoms with Crippen molar-refractivity contribution < 1.29 is 9.47 Å². The third-order valence-electron chi connectivity index (χ3n) is 2.98. The standard InChI is InChI=1S/C5H6N6.2C4H8O/c6-3-2-4(9-1-8-2)11-5(7)10-3;2*1-2-4-5-3-1/h1H,(H5,6,7,8,9,10,11);2*1-4H2. The summed E-state index contributed by atoms with van der Waals surface area (Å²) in [5.41, 5.74) is 11.9.